The molecule has 4 nitrogen and oxygen atoms in total. The third kappa shape index (κ3) is 2.23. The molecule has 0 spiro atoms. The van der Waals surface area contributed by atoms with E-state index in [9.17, 15) is 4.79 Å². The van der Waals surface area contributed by atoms with Crippen LogP contribution in [0.2, 0.25) is 0 Å². The third-order valence-corrected chi connectivity index (χ3v) is 6.07. The minimum absolute atomic E-state index is 0.181. The highest BCUT2D eigenvalue weighted by Gasteiger charge is 2.24. The number of rotatable bonds is 1. The van der Waals surface area contributed by atoms with Crippen molar-refractivity contribution in [3.8, 4) is 0 Å². The molecule has 1 fully saturated rings. The lowest BCUT2D eigenvalue weighted by Gasteiger charge is -2.24. The fraction of sp³-hybridized carbons (Fsp3) is 0.625. The van der Waals surface area contributed by atoms with E-state index >= 15 is 0 Å². The first-order chi connectivity index (χ1) is 10.2. The van der Waals surface area contributed by atoms with Crippen molar-refractivity contribution in [1.29, 1.82) is 0 Å². The number of nitrogens with one attached hydrogen (secondary N) is 1. The summed E-state index contributed by atoms with van der Waals surface area (Å²) < 4.78 is 1.87. The van der Waals surface area contributed by atoms with Crippen molar-refractivity contribution < 1.29 is 0 Å². The van der Waals surface area contributed by atoms with Gasteiger partial charge < -0.3 is 5.32 Å². The normalized spacial score (nSPS) is 26.0. The molecule has 112 valence electrons. The molecule has 2 unspecified atom stereocenters. The van der Waals surface area contributed by atoms with Gasteiger partial charge in [-0.25, -0.2) is 4.98 Å². The Kier molecular flexibility index (Phi) is 3.34. The zero-order chi connectivity index (χ0) is 14.4. The molecule has 0 radical (unpaired) electrons. The Morgan fingerprint density at radius 3 is 3.14 bits per heavy atom. The SMILES string of the molecule is CC1CCc2c(sc3ncn(C4CCCNC4)c(=O)c23)C1. The maximum absolute atomic E-state index is 12.9. The van der Waals surface area contributed by atoms with Crippen molar-refractivity contribution in [2.45, 2.75) is 45.1 Å². The van der Waals surface area contributed by atoms with Gasteiger partial charge in [-0.05, 0) is 50.1 Å². The molecule has 1 aliphatic carbocycles. The second kappa shape index (κ2) is 5.21. The third-order valence-electron chi connectivity index (χ3n) is 4.91. The average molecular weight is 303 g/mol. The van der Waals surface area contributed by atoms with E-state index in [4.69, 9.17) is 0 Å². The number of thiophene rings is 1. The highest BCUT2D eigenvalue weighted by molar-refractivity contribution is 7.18. The monoisotopic (exact) mass is 303 g/mol. The quantitative estimate of drug-likeness (QED) is 0.880. The molecule has 3 heterocycles. The van der Waals surface area contributed by atoms with Gasteiger partial charge in [-0.2, -0.15) is 0 Å². The largest absolute Gasteiger partial charge is 0.315 e. The Morgan fingerprint density at radius 1 is 1.43 bits per heavy atom. The molecule has 21 heavy (non-hydrogen) atoms. The summed E-state index contributed by atoms with van der Waals surface area (Å²) in [7, 11) is 0. The average Bonchev–Trinajstić information content (AvgIpc) is 2.86. The van der Waals surface area contributed by atoms with E-state index in [0.717, 1.165) is 54.9 Å². The summed E-state index contributed by atoms with van der Waals surface area (Å²) in [5.74, 6) is 0.732. The molecule has 2 atom stereocenters. The number of fused-ring (bicyclic) bond motifs is 3. The zero-order valence-electron chi connectivity index (χ0n) is 12.4. The van der Waals surface area contributed by atoms with Crippen LogP contribution < -0.4 is 10.9 Å². The van der Waals surface area contributed by atoms with Gasteiger partial charge >= 0.3 is 0 Å². The lowest BCUT2D eigenvalue weighted by atomic mass is 9.89. The van der Waals surface area contributed by atoms with Gasteiger partial charge in [-0.1, -0.05) is 6.92 Å². The number of nitrogens with zero attached hydrogens (tertiary/aromatic N) is 2. The second-order valence-corrected chi connectivity index (χ2v) is 7.57. The Labute approximate surface area is 128 Å². The summed E-state index contributed by atoms with van der Waals surface area (Å²) in [6.07, 6.45) is 7.32. The molecule has 0 amide bonds. The Bertz CT molecular complexity index is 727. The summed E-state index contributed by atoms with van der Waals surface area (Å²) in [6, 6.07) is 0.265. The van der Waals surface area contributed by atoms with Crippen LogP contribution in [0.25, 0.3) is 10.2 Å². The predicted octanol–water partition coefficient (Wildman–Crippen LogP) is 2.51. The van der Waals surface area contributed by atoms with Crippen molar-refractivity contribution in [1.82, 2.24) is 14.9 Å². The van der Waals surface area contributed by atoms with Crippen LogP contribution >= 0.6 is 11.3 Å². The van der Waals surface area contributed by atoms with E-state index in [1.807, 2.05) is 4.57 Å². The smallest absolute Gasteiger partial charge is 0.262 e. The summed E-state index contributed by atoms with van der Waals surface area (Å²) in [6.45, 7) is 4.25. The van der Waals surface area contributed by atoms with Gasteiger partial charge in [0.25, 0.3) is 5.56 Å². The van der Waals surface area contributed by atoms with Crippen molar-refractivity contribution >= 4 is 21.6 Å². The molecule has 4 rings (SSSR count). The van der Waals surface area contributed by atoms with Crippen LogP contribution in [0.1, 0.15) is 42.7 Å². The van der Waals surface area contributed by atoms with E-state index in [2.05, 4.69) is 17.2 Å². The van der Waals surface area contributed by atoms with Crippen LogP contribution in [-0.4, -0.2) is 22.6 Å². The number of aryl methyl sites for hydroxylation is 1. The van der Waals surface area contributed by atoms with Crippen molar-refractivity contribution in [3.05, 3.63) is 27.1 Å². The fourth-order valence-corrected chi connectivity index (χ4v) is 5.02. The molecule has 0 aromatic carbocycles. The van der Waals surface area contributed by atoms with E-state index in [0.29, 0.717) is 0 Å². The maximum atomic E-state index is 12.9. The molecule has 0 bridgehead atoms. The molecule has 1 aliphatic heterocycles. The number of hydrogen-bond donors (Lipinski definition) is 1. The molecule has 5 heteroatoms. The van der Waals surface area contributed by atoms with Crippen LogP contribution in [0, 0.1) is 5.92 Å². The summed E-state index contributed by atoms with van der Waals surface area (Å²) in [5, 5.41) is 4.30. The summed E-state index contributed by atoms with van der Waals surface area (Å²) >= 11 is 1.73. The van der Waals surface area contributed by atoms with Crippen molar-refractivity contribution in [3.63, 3.8) is 0 Å². The first-order valence-electron chi connectivity index (χ1n) is 7.96. The first-order valence-corrected chi connectivity index (χ1v) is 8.78. The lowest BCUT2D eigenvalue weighted by Crippen LogP contribution is -2.36. The van der Waals surface area contributed by atoms with Gasteiger partial charge in [0.05, 0.1) is 17.8 Å². The van der Waals surface area contributed by atoms with Gasteiger partial charge in [0.15, 0.2) is 0 Å². The van der Waals surface area contributed by atoms with E-state index in [-0.39, 0.29) is 11.6 Å². The molecule has 1 N–H and O–H groups in total. The lowest BCUT2D eigenvalue weighted by molar-refractivity contribution is 0.363. The van der Waals surface area contributed by atoms with Crippen LogP contribution in [0.3, 0.4) is 0 Å². The van der Waals surface area contributed by atoms with Crippen LogP contribution in [0.4, 0.5) is 0 Å². The molecular weight excluding hydrogens is 282 g/mol. The van der Waals surface area contributed by atoms with Gasteiger partial charge in [0, 0.05) is 11.4 Å². The van der Waals surface area contributed by atoms with Crippen LogP contribution in [-0.2, 0) is 12.8 Å². The molecule has 2 aromatic rings. The van der Waals surface area contributed by atoms with Crippen molar-refractivity contribution in [2.75, 3.05) is 13.1 Å². The molecule has 0 saturated carbocycles. The van der Waals surface area contributed by atoms with E-state index in [1.165, 1.54) is 16.9 Å². The zero-order valence-corrected chi connectivity index (χ0v) is 13.2. The Hall–Kier alpha value is -1.20. The predicted molar refractivity (Wildman–Crippen MR) is 86.2 cm³/mol. The van der Waals surface area contributed by atoms with Gasteiger partial charge in [-0.3, -0.25) is 9.36 Å². The minimum Gasteiger partial charge on any atom is -0.315 e. The number of hydrogen-bond acceptors (Lipinski definition) is 4. The van der Waals surface area contributed by atoms with Crippen LogP contribution in [0.15, 0.2) is 11.1 Å². The van der Waals surface area contributed by atoms with E-state index in [1.54, 1.807) is 17.7 Å². The highest BCUT2D eigenvalue weighted by Crippen LogP contribution is 2.35. The van der Waals surface area contributed by atoms with Gasteiger partial charge in [0.2, 0.25) is 0 Å². The molecule has 2 aliphatic rings. The topological polar surface area (TPSA) is 46.9 Å². The number of aromatic nitrogens is 2. The van der Waals surface area contributed by atoms with E-state index < -0.39 is 0 Å². The Balaban J connectivity index is 1.84. The van der Waals surface area contributed by atoms with Gasteiger partial charge in [0.1, 0.15) is 4.83 Å². The number of piperidine rings is 1. The molecular formula is C16H21N3OS. The standard InChI is InChI=1S/C16H21N3OS/c1-10-4-5-12-13(7-10)21-15-14(12)16(20)19(9-18-15)11-3-2-6-17-8-11/h9-11,17H,2-8H2,1H3. The van der Waals surface area contributed by atoms with Crippen molar-refractivity contribution in [2.24, 2.45) is 5.92 Å². The molecule has 1 saturated heterocycles. The summed E-state index contributed by atoms with van der Waals surface area (Å²) in [5.41, 5.74) is 1.48. The first kappa shape index (κ1) is 13.5. The fourth-order valence-electron chi connectivity index (χ4n) is 3.67. The Morgan fingerprint density at radius 2 is 2.33 bits per heavy atom. The highest BCUT2D eigenvalue weighted by atomic mass is 32.1. The van der Waals surface area contributed by atoms with Crippen LogP contribution in [0.5, 0.6) is 0 Å². The summed E-state index contributed by atoms with van der Waals surface area (Å²) in [4.78, 5) is 19.9. The minimum atomic E-state index is 0.181. The molecule has 2 aromatic heterocycles. The maximum Gasteiger partial charge on any atom is 0.262 e. The second-order valence-electron chi connectivity index (χ2n) is 6.49. The van der Waals surface area contributed by atoms with Gasteiger partial charge in [-0.15, -0.1) is 11.3 Å².